The van der Waals surface area contributed by atoms with Crippen molar-refractivity contribution in [2.75, 3.05) is 11.9 Å². The van der Waals surface area contributed by atoms with Crippen molar-refractivity contribution in [3.63, 3.8) is 0 Å². The molecule has 0 fully saturated rings. The molecule has 4 rings (SSSR count). The SMILES string of the molecule is Cn1cc(-c2ccc(NC(=O)C(NCCc3ccc(C(F)(F)F)nc3)c3ccccc3)nc2)cn1. The molecule has 7 nitrogen and oxygen atoms in total. The molecule has 3 aromatic heterocycles. The fraction of sp³-hybridized carbons (Fsp3) is 0.200. The first-order valence-corrected chi connectivity index (χ1v) is 10.9. The first-order valence-electron chi connectivity index (χ1n) is 10.9. The summed E-state index contributed by atoms with van der Waals surface area (Å²) in [5.41, 5.74) is 2.24. The highest BCUT2D eigenvalue weighted by molar-refractivity contribution is 5.94. The Morgan fingerprint density at radius 2 is 1.77 bits per heavy atom. The van der Waals surface area contributed by atoms with Crippen molar-refractivity contribution in [2.24, 2.45) is 7.05 Å². The van der Waals surface area contributed by atoms with Gasteiger partial charge in [0.15, 0.2) is 0 Å². The van der Waals surface area contributed by atoms with E-state index in [1.807, 2.05) is 49.6 Å². The van der Waals surface area contributed by atoms with Crippen LogP contribution >= 0.6 is 0 Å². The summed E-state index contributed by atoms with van der Waals surface area (Å²) in [4.78, 5) is 20.9. The number of aryl methyl sites for hydroxylation is 1. The summed E-state index contributed by atoms with van der Waals surface area (Å²) in [5, 5.41) is 10.2. The molecule has 1 amide bonds. The van der Waals surface area contributed by atoms with E-state index in [9.17, 15) is 18.0 Å². The minimum atomic E-state index is -4.47. The number of pyridine rings is 2. The summed E-state index contributed by atoms with van der Waals surface area (Å²) in [7, 11) is 1.83. The van der Waals surface area contributed by atoms with E-state index in [1.165, 1.54) is 12.3 Å². The molecule has 1 aromatic carbocycles. The van der Waals surface area contributed by atoms with Crippen molar-refractivity contribution < 1.29 is 18.0 Å². The van der Waals surface area contributed by atoms with Crippen LogP contribution in [-0.4, -0.2) is 32.2 Å². The summed E-state index contributed by atoms with van der Waals surface area (Å²) < 4.78 is 39.8. The summed E-state index contributed by atoms with van der Waals surface area (Å²) in [6, 6.07) is 14.4. The van der Waals surface area contributed by atoms with Gasteiger partial charge in [-0.25, -0.2) is 4.98 Å². The molecular weight excluding hydrogens is 457 g/mol. The van der Waals surface area contributed by atoms with Crippen LogP contribution in [0.2, 0.25) is 0 Å². The van der Waals surface area contributed by atoms with E-state index < -0.39 is 17.9 Å². The Kier molecular flexibility index (Phi) is 7.21. The molecule has 0 saturated heterocycles. The fourth-order valence-corrected chi connectivity index (χ4v) is 3.52. The number of aromatic nitrogens is 4. The lowest BCUT2D eigenvalue weighted by atomic mass is 10.1. The van der Waals surface area contributed by atoms with E-state index in [1.54, 1.807) is 23.1 Å². The van der Waals surface area contributed by atoms with Gasteiger partial charge in [0.25, 0.3) is 0 Å². The normalized spacial score (nSPS) is 12.3. The number of nitrogens with one attached hydrogen (secondary N) is 2. The van der Waals surface area contributed by atoms with E-state index in [0.29, 0.717) is 24.3 Å². The molecule has 35 heavy (non-hydrogen) atoms. The largest absolute Gasteiger partial charge is 0.433 e. The molecule has 3 heterocycles. The molecular formula is C25H23F3N6O. The van der Waals surface area contributed by atoms with Crippen LogP contribution in [-0.2, 0) is 24.4 Å². The predicted molar refractivity (Wildman–Crippen MR) is 125 cm³/mol. The molecule has 0 radical (unpaired) electrons. The van der Waals surface area contributed by atoms with Gasteiger partial charge in [-0.2, -0.15) is 18.3 Å². The fourth-order valence-electron chi connectivity index (χ4n) is 3.52. The summed E-state index contributed by atoms with van der Waals surface area (Å²) in [6.07, 6.45) is 2.40. The average molecular weight is 480 g/mol. The molecule has 4 aromatic rings. The Hall–Kier alpha value is -4.05. The number of rotatable bonds is 8. The minimum Gasteiger partial charge on any atom is -0.309 e. The van der Waals surface area contributed by atoms with Gasteiger partial charge >= 0.3 is 6.18 Å². The third-order valence-corrected chi connectivity index (χ3v) is 5.33. The van der Waals surface area contributed by atoms with E-state index in [4.69, 9.17) is 0 Å². The molecule has 0 aliphatic heterocycles. The molecule has 2 N–H and O–H groups in total. The maximum absolute atomic E-state index is 13.1. The van der Waals surface area contributed by atoms with Gasteiger partial charge in [0.1, 0.15) is 17.6 Å². The number of halogens is 3. The van der Waals surface area contributed by atoms with Crippen molar-refractivity contribution >= 4 is 11.7 Å². The first-order chi connectivity index (χ1) is 16.8. The van der Waals surface area contributed by atoms with Crippen LogP contribution in [0.5, 0.6) is 0 Å². The molecule has 0 saturated carbocycles. The zero-order valence-corrected chi connectivity index (χ0v) is 18.8. The molecule has 1 atom stereocenters. The quantitative estimate of drug-likeness (QED) is 0.390. The Bertz CT molecular complexity index is 1260. The number of hydrogen-bond donors (Lipinski definition) is 2. The van der Waals surface area contributed by atoms with Crippen LogP contribution in [0.3, 0.4) is 0 Å². The molecule has 10 heteroatoms. The molecule has 0 aliphatic carbocycles. The number of alkyl halides is 3. The van der Waals surface area contributed by atoms with Crippen LogP contribution in [0.1, 0.15) is 22.9 Å². The molecule has 0 aliphatic rings. The highest BCUT2D eigenvalue weighted by Gasteiger charge is 2.32. The van der Waals surface area contributed by atoms with Gasteiger partial charge in [-0.15, -0.1) is 0 Å². The highest BCUT2D eigenvalue weighted by Crippen LogP contribution is 2.27. The van der Waals surface area contributed by atoms with Gasteiger partial charge in [-0.3, -0.25) is 14.5 Å². The Morgan fingerprint density at radius 3 is 2.37 bits per heavy atom. The zero-order valence-electron chi connectivity index (χ0n) is 18.8. The van der Waals surface area contributed by atoms with E-state index in [0.717, 1.165) is 22.8 Å². The van der Waals surface area contributed by atoms with Gasteiger partial charge in [0.2, 0.25) is 5.91 Å². The average Bonchev–Trinajstić information content (AvgIpc) is 3.29. The monoisotopic (exact) mass is 480 g/mol. The van der Waals surface area contributed by atoms with Crippen molar-refractivity contribution in [1.29, 1.82) is 0 Å². The smallest absolute Gasteiger partial charge is 0.309 e. The highest BCUT2D eigenvalue weighted by atomic mass is 19.4. The maximum atomic E-state index is 13.1. The maximum Gasteiger partial charge on any atom is 0.433 e. The number of anilines is 1. The second kappa shape index (κ2) is 10.5. The molecule has 0 bridgehead atoms. The van der Waals surface area contributed by atoms with Crippen molar-refractivity contribution in [3.05, 3.63) is 96.2 Å². The van der Waals surface area contributed by atoms with Crippen LogP contribution in [0.25, 0.3) is 11.1 Å². The van der Waals surface area contributed by atoms with Crippen molar-refractivity contribution in [2.45, 2.75) is 18.6 Å². The van der Waals surface area contributed by atoms with Gasteiger partial charge in [0.05, 0.1) is 6.20 Å². The lowest BCUT2D eigenvalue weighted by Crippen LogP contribution is -2.34. The van der Waals surface area contributed by atoms with Gasteiger partial charge in [0, 0.05) is 43.3 Å². The zero-order chi connectivity index (χ0) is 24.8. The van der Waals surface area contributed by atoms with Gasteiger partial charge in [-0.1, -0.05) is 36.4 Å². The van der Waals surface area contributed by atoms with Crippen LogP contribution in [0.4, 0.5) is 19.0 Å². The Labute approximate surface area is 200 Å². The predicted octanol–water partition coefficient (Wildman–Crippen LogP) is 4.41. The van der Waals surface area contributed by atoms with Crippen molar-refractivity contribution in [3.8, 4) is 11.1 Å². The molecule has 180 valence electrons. The van der Waals surface area contributed by atoms with E-state index in [-0.39, 0.29) is 5.91 Å². The standard InChI is InChI=1S/C25H23F3N6O/c1-34-16-20(15-32-34)19-8-10-22(31-14-19)33-24(35)23(18-5-3-2-4-6-18)29-12-11-17-7-9-21(30-13-17)25(26,27)28/h2-10,13-16,23,29H,11-12H2,1H3,(H,31,33,35). The van der Waals surface area contributed by atoms with Crippen molar-refractivity contribution in [1.82, 2.24) is 25.1 Å². The van der Waals surface area contributed by atoms with Crippen LogP contribution in [0.15, 0.2) is 79.4 Å². The van der Waals surface area contributed by atoms with Gasteiger partial charge in [-0.05, 0) is 35.7 Å². The van der Waals surface area contributed by atoms with Gasteiger partial charge < -0.3 is 10.6 Å². The van der Waals surface area contributed by atoms with Crippen LogP contribution < -0.4 is 10.6 Å². The number of nitrogens with zero attached hydrogens (tertiary/aromatic N) is 4. The number of carbonyl (C=O) groups is 1. The minimum absolute atomic E-state index is 0.302. The second-order valence-corrected chi connectivity index (χ2v) is 7.92. The third kappa shape index (κ3) is 6.30. The molecule has 0 spiro atoms. The number of amides is 1. The molecule has 1 unspecified atom stereocenters. The summed E-state index contributed by atoms with van der Waals surface area (Å²) in [5.74, 6) is 0.0979. The van der Waals surface area contributed by atoms with E-state index >= 15 is 0 Å². The van der Waals surface area contributed by atoms with E-state index in [2.05, 4.69) is 25.7 Å². The second-order valence-electron chi connectivity index (χ2n) is 7.92. The topological polar surface area (TPSA) is 84.7 Å². The Balaban J connectivity index is 1.41. The Morgan fingerprint density at radius 1 is 0.971 bits per heavy atom. The number of hydrogen-bond acceptors (Lipinski definition) is 5. The number of carbonyl (C=O) groups excluding carboxylic acids is 1. The lowest BCUT2D eigenvalue weighted by molar-refractivity contribution is -0.141. The summed E-state index contributed by atoms with van der Waals surface area (Å²) in [6.45, 7) is 0.355. The third-order valence-electron chi connectivity index (χ3n) is 5.33. The lowest BCUT2D eigenvalue weighted by Gasteiger charge is -2.19. The first kappa shape index (κ1) is 24.1. The number of benzene rings is 1. The summed E-state index contributed by atoms with van der Waals surface area (Å²) >= 11 is 0. The van der Waals surface area contributed by atoms with Crippen LogP contribution in [0, 0.1) is 0 Å².